The number of nitrogens with zero attached hydrogens (tertiary/aromatic N) is 1. The first kappa shape index (κ1) is 25.3. The van der Waals surface area contributed by atoms with Crippen LogP contribution in [0.4, 0.5) is 0 Å². The maximum atomic E-state index is 13.0. The number of H-pyrrole nitrogens is 1. The molecule has 1 aromatic carbocycles. The standard InChI is InChI=1S/C22H30Cl2N3O4P/c1-12(2)20(21-25-11-18(26-21)15-7-8-16(23)17(24)10-15)27-22(28)19(32(29,30)31)9-13(3)14-5-4-6-14/h7-8,10-14,19-20H,4-6,9H2,1-3H3,(H,25,26)(H,27,28)(H2,29,30,31)/t13?,19?,20-/m0/s1. The van der Waals surface area contributed by atoms with Crippen LogP contribution in [0.2, 0.25) is 10.0 Å². The van der Waals surface area contributed by atoms with Crippen LogP contribution in [0.25, 0.3) is 11.3 Å². The SMILES string of the molecule is CC(CC(C(=O)N[C@H](c1ncc(-c2ccc(Cl)c(Cl)c2)[nH]1)C(C)C)P(=O)(O)O)C1CCC1. The lowest BCUT2D eigenvalue weighted by Crippen LogP contribution is -2.41. The van der Waals surface area contributed by atoms with Gasteiger partial charge in [0.1, 0.15) is 11.5 Å². The third kappa shape index (κ3) is 5.95. The molecule has 3 rings (SSSR count). The highest BCUT2D eigenvalue weighted by molar-refractivity contribution is 7.53. The number of carbonyl (C=O) groups excluding carboxylic acids is 1. The molecule has 176 valence electrons. The second-order valence-electron chi connectivity index (χ2n) is 9.05. The van der Waals surface area contributed by atoms with E-state index in [-0.39, 0.29) is 18.3 Å². The second kappa shape index (κ2) is 10.3. The molecule has 0 spiro atoms. The van der Waals surface area contributed by atoms with E-state index in [4.69, 9.17) is 23.2 Å². The van der Waals surface area contributed by atoms with Gasteiger partial charge in [-0.2, -0.15) is 0 Å². The van der Waals surface area contributed by atoms with Gasteiger partial charge in [-0.3, -0.25) is 9.36 Å². The third-order valence-electron chi connectivity index (χ3n) is 6.34. The fourth-order valence-corrected chi connectivity index (χ4v) is 5.34. The minimum absolute atomic E-state index is 0.0618. The zero-order valence-corrected chi connectivity index (χ0v) is 20.8. The van der Waals surface area contributed by atoms with Gasteiger partial charge in [0.05, 0.1) is 28.0 Å². The van der Waals surface area contributed by atoms with Crippen molar-refractivity contribution in [3.8, 4) is 11.3 Å². The molecule has 1 aliphatic carbocycles. The molecule has 1 aromatic heterocycles. The van der Waals surface area contributed by atoms with E-state index >= 15 is 0 Å². The Bertz CT molecular complexity index is 1000. The van der Waals surface area contributed by atoms with E-state index in [1.165, 1.54) is 0 Å². The van der Waals surface area contributed by atoms with Crippen molar-refractivity contribution in [2.45, 2.75) is 58.2 Å². The first-order valence-electron chi connectivity index (χ1n) is 10.8. The normalized spacial score (nSPS) is 17.6. The van der Waals surface area contributed by atoms with Crippen LogP contribution in [0, 0.1) is 17.8 Å². The largest absolute Gasteiger partial charge is 0.345 e. The molecule has 1 heterocycles. The van der Waals surface area contributed by atoms with Gasteiger partial charge in [-0.15, -0.1) is 0 Å². The number of halogens is 2. The first-order valence-corrected chi connectivity index (χ1v) is 13.3. The summed E-state index contributed by atoms with van der Waals surface area (Å²) in [6.07, 6.45) is 5.04. The highest BCUT2D eigenvalue weighted by atomic mass is 35.5. The van der Waals surface area contributed by atoms with Crippen LogP contribution in [0.1, 0.15) is 58.3 Å². The second-order valence-corrected chi connectivity index (χ2v) is 11.7. The number of amides is 1. The van der Waals surface area contributed by atoms with Crippen molar-refractivity contribution in [3.05, 3.63) is 40.3 Å². The van der Waals surface area contributed by atoms with Gasteiger partial charge in [-0.05, 0) is 36.3 Å². The zero-order chi connectivity index (χ0) is 23.6. The fourth-order valence-electron chi connectivity index (χ4n) is 4.06. The molecule has 1 saturated carbocycles. The zero-order valence-electron chi connectivity index (χ0n) is 18.4. The van der Waals surface area contributed by atoms with E-state index in [0.29, 0.717) is 27.5 Å². The van der Waals surface area contributed by atoms with Crippen molar-refractivity contribution in [2.75, 3.05) is 0 Å². The molecule has 3 atom stereocenters. The van der Waals surface area contributed by atoms with Crippen LogP contribution in [-0.2, 0) is 9.36 Å². The molecule has 0 aliphatic heterocycles. The van der Waals surface area contributed by atoms with Gasteiger partial charge in [0.15, 0.2) is 0 Å². The molecule has 1 amide bonds. The summed E-state index contributed by atoms with van der Waals surface area (Å²) in [4.78, 5) is 40.4. The lowest BCUT2D eigenvalue weighted by molar-refractivity contribution is -0.122. The maximum Gasteiger partial charge on any atom is 0.337 e. The highest BCUT2D eigenvalue weighted by Crippen LogP contribution is 2.47. The number of imidazole rings is 1. The van der Waals surface area contributed by atoms with E-state index in [1.54, 1.807) is 24.4 Å². The molecule has 7 nitrogen and oxygen atoms in total. The van der Waals surface area contributed by atoms with Crippen LogP contribution in [0.5, 0.6) is 0 Å². The number of aromatic nitrogens is 2. The Labute approximate surface area is 198 Å². The number of rotatable bonds is 9. The number of hydrogen-bond donors (Lipinski definition) is 4. The van der Waals surface area contributed by atoms with Gasteiger partial charge in [0, 0.05) is 5.56 Å². The lowest BCUT2D eigenvalue weighted by atomic mass is 9.75. The molecule has 0 saturated heterocycles. The Balaban J connectivity index is 1.79. The maximum absolute atomic E-state index is 13.0. The topological polar surface area (TPSA) is 115 Å². The Morgan fingerprint density at radius 1 is 1.25 bits per heavy atom. The van der Waals surface area contributed by atoms with Crippen LogP contribution in [0.3, 0.4) is 0 Å². The fraction of sp³-hybridized carbons (Fsp3) is 0.545. The minimum Gasteiger partial charge on any atom is -0.345 e. The van der Waals surface area contributed by atoms with Crippen molar-refractivity contribution in [1.29, 1.82) is 0 Å². The number of nitrogens with one attached hydrogen (secondary N) is 2. The summed E-state index contributed by atoms with van der Waals surface area (Å²) in [6.45, 7) is 5.79. The van der Waals surface area contributed by atoms with Gasteiger partial charge in [0.25, 0.3) is 0 Å². The summed E-state index contributed by atoms with van der Waals surface area (Å²) in [5.41, 5.74) is 0.113. The number of carbonyl (C=O) groups is 1. The molecule has 2 aromatic rings. The van der Waals surface area contributed by atoms with E-state index < -0.39 is 25.2 Å². The molecule has 0 bridgehead atoms. The predicted octanol–water partition coefficient (Wildman–Crippen LogP) is 5.57. The van der Waals surface area contributed by atoms with Gasteiger partial charge >= 0.3 is 7.60 Å². The summed E-state index contributed by atoms with van der Waals surface area (Å²) < 4.78 is 12.2. The first-order chi connectivity index (χ1) is 15.0. The van der Waals surface area contributed by atoms with E-state index in [0.717, 1.165) is 24.8 Å². The van der Waals surface area contributed by atoms with E-state index in [1.807, 2.05) is 20.8 Å². The molecule has 4 N–H and O–H groups in total. The number of benzene rings is 1. The monoisotopic (exact) mass is 501 g/mol. The third-order valence-corrected chi connectivity index (χ3v) is 8.34. The minimum atomic E-state index is -4.61. The smallest absolute Gasteiger partial charge is 0.337 e. The summed E-state index contributed by atoms with van der Waals surface area (Å²) in [6, 6.07) is 4.68. The van der Waals surface area contributed by atoms with E-state index in [2.05, 4.69) is 15.3 Å². The lowest BCUT2D eigenvalue weighted by Gasteiger charge is -2.34. The Morgan fingerprint density at radius 3 is 2.47 bits per heavy atom. The average Bonchev–Trinajstić information content (AvgIpc) is 3.13. The van der Waals surface area contributed by atoms with Crippen LogP contribution in [0.15, 0.2) is 24.4 Å². The summed E-state index contributed by atoms with van der Waals surface area (Å²) in [5, 5.41) is 3.70. The predicted molar refractivity (Wildman–Crippen MR) is 127 cm³/mol. The van der Waals surface area contributed by atoms with Gasteiger partial charge in [-0.1, -0.05) is 69.3 Å². The average molecular weight is 502 g/mol. The molecular weight excluding hydrogens is 472 g/mol. The Hall–Kier alpha value is -1.37. The van der Waals surface area contributed by atoms with Crippen molar-refractivity contribution in [3.63, 3.8) is 0 Å². The Kier molecular flexibility index (Phi) is 8.11. The highest BCUT2D eigenvalue weighted by Gasteiger charge is 2.40. The molecule has 1 aliphatic rings. The summed E-state index contributed by atoms with van der Waals surface area (Å²) >= 11 is 12.1. The van der Waals surface area contributed by atoms with Crippen LogP contribution < -0.4 is 5.32 Å². The van der Waals surface area contributed by atoms with Crippen molar-refractivity contribution >= 4 is 36.7 Å². The van der Waals surface area contributed by atoms with E-state index in [9.17, 15) is 19.1 Å². The van der Waals surface area contributed by atoms with Gasteiger partial charge in [0.2, 0.25) is 5.91 Å². The quantitative estimate of drug-likeness (QED) is 0.335. The summed E-state index contributed by atoms with van der Waals surface area (Å²) in [7, 11) is -4.61. The molecule has 10 heteroatoms. The number of aromatic amines is 1. The van der Waals surface area contributed by atoms with Crippen molar-refractivity contribution in [2.24, 2.45) is 17.8 Å². The van der Waals surface area contributed by atoms with Gasteiger partial charge in [-0.25, -0.2) is 4.98 Å². The number of hydrogen-bond acceptors (Lipinski definition) is 3. The van der Waals surface area contributed by atoms with Crippen LogP contribution >= 0.6 is 30.8 Å². The summed E-state index contributed by atoms with van der Waals surface area (Å²) in [5.74, 6) is 0.306. The molecule has 1 fully saturated rings. The molecular formula is C22H30Cl2N3O4P. The van der Waals surface area contributed by atoms with Crippen molar-refractivity contribution in [1.82, 2.24) is 15.3 Å². The Morgan fingerprint density at radius 2 is 1.94 bits per heavy atom. The molecule has 2 unspecified atom stereocenters. The van der Waals surface area contributed by atoms with Crippen LogP contribution in [-0.4, -0.2) is 31.3 Å². The molecule has 32 heavy (non-hydrogen) atoms. The van der Waals surface area contributed by atoms with Gasteiger partial charge < -0.3 is 20.1 Å². The van der Waals surface area contributed by atoms with Crippen molar-refractivity contribution < 1.29 is 19.1 Å². The molecule has 0 radical (unpaired) electrons.